The summed E-state index contributed by atoms with van der Waals surface area (Å²) in [4.78, 5) is 53.1. The number of aliphatic hydroxyl groups excluding tert-OH is 1. The summed E-state index contributed by atoms with van der Waals surface area (Å²) in [5.41, 5.74) is -1.53. The van der Waals surface area contributed by atoms with Gasteiger partial charge in [0.1, 0.15) is 17.6 Å². The van der Waals surface area contributed by atoms with Crippen LogP contribution in [0.2, 0.25) is 0 Å². The average Bonchev–Trinajstić information content (AvgIpc) is 3.81. The molecule has 3 rings (SSSR count). The van der Waals surface area contributed by atoms with E-state index in [1.54, 1.807) is 6.08 Å². The fraction of sp³-hybridized carbons (Fsp3) is 0.704. The molecule has 7 atom stereocenters. The highest BCUT2D eigenvalue weighted by molar-refractivity contribution is 7.91. The molecule has 3 aliphatic rings. The molecule has 40 heavy (non-hydrogen) atoms. The third kappa shape index (κ3) is 7.22. The monoisotopic (exact) mass is 582 g/mol. The van der Waals surface area contributed by atoms with Crippen molar-refractivity contribution in [3.63, 3.8) is 0 Å². The van der Waals surface area contributed by atoms with E-state index in [1.807, 2.05) is 13.8 Å². The summed E-state index contributed by atoms with van der Waals surface area (Å²) in [6.07, 6.45) is 4.47. The highest BCUT2D eigenvalue weighted by Crippen LogP contribution is 2.45. The molecule has 0 aromatic carbocycles. The van der Waals surface area contributed by atoms with Crippen LogP contribution in [0.3, 0.4) is 0 Å². The average molecular weight is 583 g/mol. The van der Waals surface area contributed by atoms with Crippen molar-refractivity contribution in [3.05, 3.63) is 25.3 Å². The number of likely N-dealkylation sites (tertiary alicyclic amines) is 1. The summed E-state index contributed by atoms with van der Waals surface area (Å²) in [7, 11) is -3.86. The fourth-order valence-electron chi connectivity index (χ4n) is 5.59. The smallest absolute Gasteiger partial charge is 0.405 e. The predicted molar refractivity (Wildman–Crippen MR) is 147 cm³/mol. The molecule has 5 N–H and O–H groups in total. The Balaban J connectivity index is 1.79. The third-order valence-corrected chi connectivity index (χ3v) is 10.0. The van der Waals surface area contributed by atoms with Crippen molar-refractivity contribution in [2.45, 2.75) is 94.2 Å². The lowest BCUT2D eigenvalue weighted by molar-refractivity contribution is -0.142. The van der Waals surface area contributed by atoms with Gasteiger partial charge >= 0.3 is 6.09 Å². The van der Waals surface area contributed by atoms with Crippen LogP contribution in [-0.2, 0) is 24.4 Å². The topological polar surface area (TPSA) is 182 Å². The zero-order chi connectivity index (χ0) is 29.8. The molecule has 2 saturated carbocycles. The lowest BCUT2D eigenvalue weighted by Gasteiger charge is -2.33. The molecule has 4 amide bonds. The molecule has 1 heterocycles. The van der Waals surface area contributed by atoms with Crippen molar-refractivity contribution in [3.8, 4) is 0 Å². The van der Waals surface area contributed by atoms with Crippen LogP contribution in [0, 0.1) is 17.8 Å². The Bertz CT molecular complexity index is 1120. The van der Waals surface area contributed by atoms with Gasteiger partial charge in [0, 0.05) is 18.9 Å². The van der Waals surface area contributed by atoms with Crippen molar-refractivity contribution in [1.82, 2.24) is 20.3 Å². The Kier molecular flexibility index (Phi) is 10.0. The quantitative estimate of drug-likeness (QED) is 0.179. The second kappa shape index (κ2) is 12.7. The molecular formula is C27H42N4O8S. The molecule has 224 valence electrons. The van der Waals surface area contributed by atoms with Gasteiger partial charge in [-0.3, -0.25) is 19.1 Å². The summed E-state index contributed by atoms with van der Waals surface area (Å²) >= 11 is 0. The lowest BCUT2D eigenvalue weighted by atomic mass is 9.85. The third-order valence-electron chi connectivity index (χ3n) is 8.22. The SMILES string of the molecule is C=CCCC(C)C[C@@H](CC)[C@H](NC(=O)O)C(=O)N1C[C@H](O)C[C@H]1C(=O)N[C@]1(C(=O)NS(=O)(=O)C2CC2)C[C@H]1C=C. The molecule has 12 nitrogen and oxygen atoms in total. The Morgan fingerprint density at radius 3 is 2.40 bits per heavy atom. The Morgan fingerprint density at radius 1 is 1.20 bits per heavy atom. The highest BCUT2D eigenvalue weighted by Gasteiger charge is 2.62. The number of β-amino-alcohol motifs (C(OH)–C–C–N with tert-alkyl or cyclic N) is 1. The number of carbonyl (C=O) groups is 4. The van der Waals surface area contributed by atoms with Gasteiger partial charge < -0.3 is 25.7 Å². The molecule has 1 aliphatic heterocycles. The molecule has 0 radical (unpaired) electrons. The summed E-state index contributed by atoms with van der Waals surface area (Å²) in [6.45, 7) is 11.1. The van der Waals surface area contributed by atoms with E-state index in [4.69, 9.17) is 0 Å². The molecular weight excluding hydrogens is 540 g/mol. The first-order chi connectivity index (χ1) is 18.8. The van der Waals surface area contributed by atoms with Crippen LogP contribution in [0.1, 0.15) is 65.2 Å². The lowest BCUT2D eigenvalue weighted by Crippen LogP contribution is -2.59. The number of hydrogen-bond acceptors (Lipinski definition) is 7. The van der Waals surface area contributed by atoms with E-state index in [1.165, 1.54) is 6.08 Å². The molecule has 0 bridgehead atoms. The van der Waals surface area contributed by atoms with Crippen LogP contribution >= 0.6 is 0 Å². The van der Waals surface area contributed by atoms with Gasteiger partial charge in [0.25, 0.3) is 5.91 Å². The van der Waals surface area contributed by atoms with Gasteiger partial charge in [-0.25, -0.2) is 13.2 Å². The number of amides is 4. The zero-order valence-electron chi connectivity index (χ0n) is 23.2. The van der Waals surface area contributed by atoms with E-state index in [0.717, 1.165) is 17.7 Å². The Morgan fingerprint density at radius 2 is 1.88 bits per heavy atom. The van der Waals surface area contributed by atoms with E-state index < -0.39 is 68.7 Å². The second-order valence-electron chi connectivity index (χ2n) is 11.4. The van der Waals surface area contributed by atoms with Crippen molar-refractivity contribution < 1.29 is 37.8 Å². The van der Waals surface area contributed by atoms with E-state index in [9.17, 15) is 37.8 Å². The maximum atomic E-state index is 13.8. The minimum atomic E-state index is -3.86. The number of aliphatic hydroxyl groups is 1. The molecule has 3 fully saturated rings. The largest absolute Gasteiger partial charge is 0.465 e. The molecule has 0 spiro atoms. The molecule has 2 aliphatic carbocycles. The summed E-state index contributed by atoms with van der Waals surface area (Å²) in [5, 5.41) is 24.3. The normalized spacial score (nSPS) is 28.1. The molecule has 13 heteroatoms. The number of carbonyl (C=O) groups excluding carboxylic acids is 3. The van der Waals surface area contributed by atoms with Crippen molar-refractivity contribution in [2.75, 3.05) is 6.54 Å². The van der Waals surface area contributed by atoms with E-state index in [2.05, 4.69) is 28.5 Å². The van der Waals surface area contributed by atoms with Gasteiger partial charge in [0.05, 0.1) is 11.4 Å². The van der Waals surface area contributed by atoms with Crippen LogP contribution in [0.15, 0.2) is 25.3 Å². The van der Waals surface area contributed by atoms with Crippen LogP contribution in [-0.4, -0.2) is 82.9 Å². The summed E-state index contributed by atoms with van der Waals surface area (Å²) < 4.78 is 26.8. The van der Waals surface area contributed by atoms with Crippen molar-refractivity contribution in [1.29, 1.82) is 0 Å². The standard InChI is InChI=1S/C27H42N4O8S/c1-5-8-9-16(4)12-17(6-2)22(28-26(36)37)24(34)31-15-19(32)13-21(31)23(33)29-27(14-18(27)7-3)25(35)30-40(38,39)20-10-11-20/h5,7,16-22,28,32H,1,3,6,8-15H2,2,4H3,(H,29,33)(H,30,35)(H,36,37)/t16?,17-,18-,19-,21+,22+,27-/m1/s1. The number of nitrogens with zero attached hydrogens (tertiary/aromatic N) is 1. The predicted octanol–water partition coefficient (Wildman–Crippen LogP) is 1.27. The number of nitrogens with one attached hydrogen (secondary N) is 3. The van der Waals surface area contributed by atoms with Gasteiger partial charge in [-0.15, -0.1) is 13.2 Å². The Hall–Kier alpha value is -2.93. The molecule has 1 saturated heterocycles. The maximum absolute atomic E-state index is 13.8. The summed E-state index contributed by atoms with van der Waals surface area (Å²) in [6, 6.07) is -2.32. The number of allylic oxidation sites excluding steroid dienone is 1. The van der Waals surface area contributed by atoms with Crippen molar-refractivity contribution >= 4 is 33.8 Å². The highest BCUT2D eigenvalue weighted by atomic mass is 32.2. The van der Waals surface area contributed by atoms with Crippen molar-refractivity contribution in [2.24, 2.45) is 17.8 Å². The van der Waals surface area contributed by atoms with Gasteiger partial charge in [0.2, 0.25) is 21.8 Å². The number of carboxylic acid groups (broad SMARTS) is 1. The second-order valence-corrected chi connectivity index (χ2v) is 13.3. The number of sulfonamides is 1. The first-order valence-electron chi connectivity index (χ1n) is 13.9. The first kappa shape index (κ1) is 31.6. The minimum absolute atomic E-state index is 0.110. The first-order valence-corrected chi connectivity index (χ1v) is 15.4. The number of rotatable bonds is 15. The van der Waals surface area contributed by atoms with E-state index in [0.29, 0.717) is 25.7 Å². The molecule has 1 unspecified atom stereocenters. The van der Waals surface area contributed by atoms with Crippen LogP contribution in [0.4, 0.5) is 4.79 Å². The van der Waals surface area contributed by atoms with Gasteiger partial charge in [0.15, 0.2) is 0 Å². The maximum Gasteiger partial charge on any atom is 0.405 e. The summed E-state index contributed by atoms with van der Waals surface area (Å²) in [5.74, 6) is -2.90. The fourth-order valence-corrected chi connectivity index (χ4v) is 6.96. The number of hydrogen-bond donors (Lipinski definition) is 5. The van der Waals surface area contributed by atoms with Crippen LogP contribution in [0.25, 0.3) is 0 Å². The van der Waals surface area contributed by atoms with Gasteiger partial charge in [-0.2, -0.15) is 0 Å². The Labute approximate surface area is 235 Å². The van der Waals surface area contributed by atoms with Crippen LogP contribution in [0.5, 0.6) is 0 Å². The zero-order valence-corrected chi connectivity index (χ0v) is 24.0. The van der Waals surface area contributed by atoms with E-state index in [-0.39, 0.29) is 31.2 Å². The van der Waals surface area contributed by atoms with E-state index >= 15 is 0 Å². The van der Waals surface area contributed by atoms with Gasteiger partial charge in [-0.05, 0) is 50.4 Å². The van der Waals surface area contributed by atoms with Gasteiger partial charge in [-0.1, -0.05) is 32.4 Å². The minimum Gasteiger partial charge on any atom is -0.465 e. The van der Waals surface area contributed by atoms with Crippen LogP contribution < -0.4 is 15.4 Å². The molecule has 0 aromatic heterocycles. The molecule has 0 aromatic rings.